The fraction of sp³-hybridized carbons (Fsp3) is 0.321. The largest absolute Gasteiger partial charge is 0.387 e. The van der Waals surface area contributed by atoms with Crippen molar-refractivity contribution in [3.63, 3.8) is 0 Å². The van der Waals surface area contributed by atoms with E-state index in [1.165, 1.54) is 11.1 Å². The third kappa shape index (κ3) is 6.45. The molecule has 2 N–H and O–H groups in total. The predicted molar refractivity (Wildman–Crippen MR) is 157 cm³/mol. The average molecular weight is 558 g/mol. The Balaban J connectivity index is 0.00000200. The van der Waals surface area contributed by atoms with Crippen molar-refractivity contribution in [3.8, 4) is 0 Å². The van der Waals surface area contributed by atoms with Gasteiger partial charge in [0.25, 0.3) is 5.91 Å². The number of aromatic nitrogens is 3. The molecule has 2 aromatic carbocycles. The van der Waals surface area contributed by atoms with E-state index in [2.05, 4.69) is 55.5 Å². The van der Waals surface area contributed by atoms with Crippen LogP contribution in [0.4, 0.5) is 11.4 Å². The number of carbonyl (C=O) groups excluding carboxylic acids is 1. The first-order valence-electron chi connectivity index (χ1n) is 12.3. The van der Waals surface area contributed by atoms with Gasteiger partial charge < -0.3 is 15.3 Å². The number of amides is 1. The maximum absolute atomic E-state index is 12.6. The lowest BCUT2D eigenvalue weighted by molar-refractivity contribution is 0.102. The van der Waals surface area contributed by atoms with E-state index in [0.29, 0.717) is 17.9 Å². The SMILES string of the molecule is Cc1ccc2c(N3CCN(CC(O)c4cccc(NC(=O)c5cc(C)n(C)n5)c4)CC3)cccc2n1.Cl.Cl. The van der Waals surface area contributed by atoms with Gasteiger partial charge in [0.05, 0.1) is 11.6 Å². The number of hydrogen-bond donors (Lipinski definition) is 2. The molecule has 0 spiro atoms. The van der Waals surface area contributed by atoms with Gasteiger partial charge in [0.1, 0.15) is 0 Å². The van der Waals surface area contributed by atoms with Gasteiger partial charge >= 0.3 is 0 Å². The van der Waals surface area contributed by atoms with Crippen LogP contribution in [-0.2, 0) is 7.05 Å². The van der Waals surface area contributed by atoms with Crippen LogP contribution < -0.4 is 10.2 Å². The maximum atomic E-state index is 12.6. The molecule has 38 heavy (non-hydrogen) atoms. The molecular formula is C28H34Cl2N6O2. The van der Waals surface area contributed by atoms with E-state index >= 15 is 0 Å². The van der Waals surface area contributed by atoms with Crippen LogP contribution in [0.15, 0.2) is 60.7 Å². The molecule has 4 aromatic rings. The van der Waals surface area contributed by atoms with Crippen molar-refractivity contribution in [1.82, 2.24) is 19.7 Å². The summed E-state index contributed by atoms with van der Waals surface area (Å²) in [6, 6.07) is 19.7. The highest BCUT2D eigenvalue weighted by Gasteiger charge is 2.22. The summed E-state index contributed by atoms with van der Waals surface area (Å²) >= 11 is 0. The first kappa shape index (κ1) is 29.4. The number of hydrogen-bond acceptors (Lipinski definition) is 6. The predicted octanol–water partition coefficient (Wildman–Crippen LogP) is 4.54. The second-order valence-corrected chi connectivity index (χ2v) is 9.47. The first-order chi connectivity index (χ1) is 17.4. The quantitative estimate of drug-likeness (QED) is 0.362. The summed E-state index contributed by atoms with van der Waals surface area (Å²) in [5.74, 6) is -0.264. The minimum absolute atomic E-state index is 0. The number of rotatable bonds is 6. The molecule has 1 fully saturated rings. The Kier molecular flexibility index (Phi) is 9.73. The van der Waals surface area contributed by atoms with Gasteiger partial charge in [0.15, 0.2) is 5.69 Å². The number of pyridine rings is 1. The van der Waals surface area contributed by atoms with E-state index in [-0.39, 0.29) is 30.7 Å². The summed E-state index contributed by atoms with van der Waals surface area (Å²) < 4.78 is 1.67. The summed E-state index contributed by atoms with van der Waals surface area (Å²) in [5.41, 5.74) is 5.97. The zero-order valence-corrected chi connectivity index (χ0v) is 23.4. The molecule has 202 valence electrons. The van der Waals surface area contributed by atoms with E-state index in [4.69, 9.17) is 0 Å². The number of fused-ring (bicyclic) bond motifs is 1. The molecule has 1 aliphatic heterocycles. The topological polar surface area (TPSA) is 86.5 Å². The summed E-state index contributed by atoms with van der Waals surface area (Å²) in [6.07, 6.45) is -0.643. The number of aryl methyl sites for hydroxylation is 3. The van der Waals surface area contributed by atoms with Gasteiger partial charge in [-0.25, -0.2) is 0 Å². The van der Waals surface area contributed by atoms with Crippen molar-refractivity contribution < 1.29 is 9.90 Å². The highest BCUT2D eigenvalue weighted by Crippen LogP contribution is 2.27. The molecule has 1 saturated heterocycles. The van der Waals surface area contributed by atoms with Crippen molar-refractivity contribution >= 4 is 53.0 Å². The molecule has 0 saturated carbocycles. The molecule has 0 aliphatic carbocycles. The number of aliphatic hydroxyl groups is 1. The van der Waals surface area contributed by atoms with Crippen LogP contribution in [0.3, 0.4) is 0 Å². The second kappa shape index (κ2) is 12.6. The van der Waals surface area contributed by atoms with E-state index in [9.17, 15) is 9.90 Å². The van der Waals surface area contributed by atoms with Gasteiger partial charge in [-0.2, -0.15) is 5.10 Å². The van der Waals surface area contributed by atoms with Gasteiger partial charge in [-0.15, -0.1) is 24.8 Å². The number of benzene rings is 2. The van der Waals surface area contributed by atoms with E-state index in [1.54, 1.807) is 10.7 Å². The van der Waals surface area contributed by atoms with E-state index in [1.807, 2.05) is 45.2 Å². The third-order valence-electron chi connectivity index (χ3n) is 6.87. The summed E-state index contributed by atoms with van der Waals surface area (Å²) in [7, 11) is 1.81. The van der Waals surface area contributed by atoms with Gasteiger partial charge in [-0.05, 0) is 61.9 Å². The molecule has 10 heteroatoms. The summed E-state index contributed by atoms with van der Waals surface area (Å²) in [5, 5.41) is 19.2. The molecule has 1 amide bonds. The molecule has 3 heterocycles. The number of carbonyl (C=O) groups is 1. The van der Waals surface area contributed by atoms with Gasteiger partial charge in [-0.1, -0.05) is 18.2 Å². The second-order valence-electron chi connectivity index (χ2n) is 9.47. The minimum atomic E-state index is -0.643. The van der Waals surface area contributed by atoms with Crippen LogP contribution in [0.5, 0.6) is 0 Å². The Morgan fingerprint density at radius 2 is 1.74 bits per heavy atom. The Morgan fingerprint density at radius 3 is 2.45 bits per heavy atom. The molecule has 1 aliphatic rings. The number of piperazine rings is 1. The molecule has 1 atom stereocenters. The van der Waals surface area contributed by atoms with Crippen molar-refractivity contribution in [3.05, 3.63) is 83.3 Å². The van der Waals surface area contributed by atoms with Crippen molar-refractivity contribution in [2.75, 3.05) is 42.9 Å². The van der Waals surface area contributed by atoms with Crippen LogP contribution in [0.1, 0.15) is 33.5 Å². The standard InChI is InChI=1S/C28H32N6O2.2ClH/c1-19-10-11-23-24(29-19)8-5-9-26(23)34-14-12-33(13-15-34)18-27(35)21-6-4-7-22(17-21)30-28(36)25-16-20(2)32(3)31-25;;/h4-11,16-17,27,35H,12-15,18H2,1-3H3,(H,30,36);2*1H. The number of aliphatic hydroxyl groups excluding tert-OH is 1. The molecule has 0 bridgehead atoms. The normalized spacial score (nSPS) is 14.5. The van der Waals surface area contributed by atoms with E-state index < -0.39 is 6.10 Å². The fourth-order valence-corrected chi connectivity index (χ4v) is 4.73. The van der Waals surface area contributed by atoms with Crippen molar-refractivity contribution in [2.45, 2.75) is 20.0 Å². The van der Waals surface area contributed by atoms with Crippen LogP contribution in [0.2, 0.25) is 0 Å². The molecule has 2 aromatic heterocycles. The molecule has 5 rings (SSSR count). The van der Waals surface area contributed by atoms with Crippen LogP contribution in [0, 0.1) is 13.8 Å². The summed E-state index contributed by atoms with van der Waals surface area (Å²) in [4.78, 5) is 21.9. The molecule has 1 unspecified atom stereocenters. The Hall–Kier alpha value is -3.17. The molecule has 8 nitrogen and oxygen atoms in total. The molecular weight excluding hydrogens is 523 g/mol. The van der Waals surface area contributed by atoms with Crippen LogP contribution in [0.25, 0.3) is 10.9 Å². The van der Waals surface area contributed by atoms with E-state index in [0.717, 1.165) is 48.6 Å². The fourth-order valence-electron chi connectivity index (χ4n) is 4.73. The minimum Gasteiger partial charge on any atom is -0.387 e. The Labute approximate surface area is 235 Å². The highest BCUT2D eigenvalue weighted by atomic mass is 35.5. The lowest BCUT2D eigenvalue weighted by Gasteiger charge is -2.37. The lowest BCUT2D eigenvalue weighted by atomic mass is 10.1. The number of β-amino-alcohol motifs (C(OH)–C–C–N with tert-alkyl or cyclic N) is 1. The lowest BCUT2D eigenvalue weighted by Crippen LogP contribution is -2.47. The van der Waals surface area contributed by atoms with Gasteiger partial charge in [0, 0.05) is 67.9 Å². The van der Waals surface area contributed by atoms with Crippen molar-refractivity contribution in [2.24, 2.45) is 7.05 Å². The first-order valence-corrected chi connectivity index (χ1v) is 12.3. The monoisotopic (exact) mass is 556 g/mol. The summed E-state index contributed by atoms with van der Waals surface area (Å²) in [6.45, 7) is 7.96. The average Bonchev–Trinajstić information content (AvgIpc) is 3.22. The number of nitrogens with one attached hydrogen (secondary N) is 1. The smallest absolute Gasteiger partial charge is 0.276 e. The van der Waals surface area contributed by atoms with Crippen molar-refractivity contribution in [1.29, 1.82) is 0 Å². The van der Waals surface area contributed by atoms with Crippen LogP contribution >= 0.6 is 24.8 Å². The Bertz CT molecular complexity index is 1380. The zero-order valence-electron chi connectivity index (χ0n) is 21.8. The number of nitrogens with zero attached hydrogens (tertiary/aromatic N) is 5. The zero-order chi connectivity index (χ0) is 25.2. The number of anilines is 2. The highest BCUT2D eigenvalue weighted by molar-refractivity contribution is 6.03. The van der Waals surface area contributed by atoms with Crippen LogP contribution in [-0.4, -0.2) is 63.4 Å². The van der Waals surface area contributed by atoms with Gasteiger partial charge in [0.2, 0.25) is 0 Å². The Morgan fingerprint density at radius 1 is 1.00 bits per heavy atom. The van der Waals surface area contributed by atoms with Gasteiger partial charge in [-0.3, -0.25) is 19.4 Å². The maximum Gasteiger partial charge on any atom is 0.276 e. The third-order valence-corrected chi connectivity index (χ3v) is 6.87. The molecule has 0 radical (unpaired) electrons. The number of halogens is 2.